The number of amides is 2. The van der Waals surface area contributed by atoms with Gasteiger partial charge in [0.1, 0.15) is 12.6 Å². The second-order valence-corrected chi connectivity index (χ2v) is 9.42. The fourth-order valence-corrected chi connectivity index (χ4v) is 5.29. The Kier molecular flexibility index (Phi) is 8.23. The highest BCUT2D eigenvalue weighted by Gasteiger charge is 2.54. The minimum absolute atomic E-state index is 0.0979. The predicted molar refractivity (Wildman–Crippen MR) is 141 cm³/mol. The van der Waals surface area contributed by atoms with Crippen LogP contribution in [0.2, 0.25) is 0 Å². The van der Waals surface area contributed by atoms with Gasteiger partial charge in [-0.3, -0.25) is 9.69 Å². The number of likely N-dealkylation sites (tertiary alicyclic amines) is 1. The number of fused-ring (bicyclic) bond motifs is 2. The van der Waals surface area contributed by atoms with Crippen molar-refractivity contribution in [3.05, 3.63) is 108 Å². The van der Waals surface area contributed by atoms with Gasteiger partial charge in [-0.1, -0.05) is 91.5 Å². The van der Waals surface area contributed by atoms with Gasteiger partial charge in [0.15, 0.2) is 0 Å². The molecular weight excluding hydrogens is 468 g/mol. The van der Waals surface area contributed by atoms with Gasteiger partial charge in [0.05, 0.1) is 18.0 Å². The van der Waals surface area contributed by atoms with Gasteiger partial charge < -0.3 is 14.7 Å². The van der Waals surface area contributed by atoms with Crippen molar-refractivity contribution >= 4 is 18.0 Å². The number of ether oxygens (including phenoxy) is 1. The maximum Gasteiger partial charge on any atom is 0.410 e. The molecule has 2 aromatic carbocycles. The van der Waals surface area contributed by atoms with Gasteiger partial charge in [-0.2, -0.15) is 0 Å². The van der Waals surface area contributed by atoms with Crippen LogP contribution < -0.4 is 0 Å². The van der Waals surface area contributed by atoms with Crippen LogP contribution in [0.4, 0.5) is 4.79 Å². The van der Waals surface area contributed by atoms with Crippen molar-refractivity contribution in [2.24, 2.45) is 0 Å². The SMILES string of the molecule is C=C/C=C\C=C(/C)COC(=O)N1[C@@H]2CC[C@H]1[C@H](C(=O)O)N(C(=O)C(c1ccccc1)c1ccccc1)C2. The van der Waals surface area contributed by atoms with Gasteiger partial charge in [-0.15, -0.1) is 0 Å². The van der Waals surface area contributed by atoms with Crippen LogP contribution in [0, 0.1) is 0 Å². The number of nitrogens with zero attached hydrogens (tertiary/aromatic N) is 2. The Labute approximate surface area is 217 Å². The molecule has 0 aromatic heterocycles. The van der Waals surface area contributed by atoms with Crippen LogP contribution in [-0.4, -0.2) is 64.2 Å². The van der Waals surface area contributed by atoms with Crippen molar-refractivity contribution < 1.29 is 24.2 Å². The Morgan fingerprint density at radius 2 is 1.65 bits per heavy atom. The van der Waals surface area contributed by atoms with E-state index in [1.165, 1.54) is 9.80 Å². The van der Waals surface area contributed by atoms with E-state index in [4.69, 9.17) is 4.74 Å². The summed E-state index contributed by atoms with van der Waals surface area (Å²) in [5.41, 5.74) is 2.44. The zero-order valence-electron chi connectivity index (χ0n) is 20.9. The molecule has 7 nitrogen and oxygen atoms in total. The number of carboxylic acids is 1. The molecule has 2 saturated heterocycles. The third kappa shape index (κ3) is 5.66. The third-order valence-electron chi connectivity index (χ3n) is 6.96. The molecule has 4 rings (SSSR count). The molecule has 2 fully saturated rings. The molecule has 2 aliphatic heterocycles. The number of aliphatic carboxylic acids is 1. The van der Waals surface area contributed by atoms with E-state index in [1.807, 2.05) is 73.7 Å². The van der Waals surface area contributed by atoms with Gasteiger partial charge in [-0.05, 0) is 36.5 Å². The highest BCUT2D eigenvalue weighted by molar-refractivity contribution is 5.92. The Balaban J connectivity index is 1.58. The van der Waals surface area contributed by atoms with Gasteiger partial charge in [0.25, 0.3) is 0 Å². The fourth-order valence-electron chi connectivity index (χ4n) is 5.29. The lowest BCUT2D eigenvalue weighted by Gasteiger charge is -2.45. The summed E-state index contributed by atoms with van der Waals surface area (Å²) >= 11 is 0. The van der Waals surface area contributed by atoms with Gasteiger partial charge >= 0.3 is 12.1 Å². The zero-order chi connectivity index (χ0) is 26.4. The molecular formula is C30H32N2O5. The number of carbonyl (C=O) groups excluding carboxylic acids is 2. The summed E-state index contributed by atoms with van der Waals surface area (Å²) in [6, 6.07) is 16.7. The molecule has 7 heteroatoms. The van der Waals surface area contributed by atoms with Crippen LogP contribution >= 0.6 is 0 Å². The molecule has 2 aromatic rings. The molecule has 0 aliphatic carbocycles. The standard InChI is InChI=1S/C30H32N2O5/c1-3-4-7-12-21(2)20-37-30(36)32-24-17-18-25(32)27(29(34)35)31(19-24)28(33)26(22-13-8-5-9-14-22)23-15-10-6-11-16-23/h3-16,24-27H,1,17-20H2,2H3,(H,34,35)/b7-4-,21-12+/t24-,25+,27-/m1/s1. The Hall–Kier alpha value is -4.13. The topological polar surface area (TPSA) is 87.2 Å². The monoisotopic (exact) mass is 500 g/mol. The van der Waals surface area contributed by atoms with Crippen LogP contribution in [0.5, 0.6) is 0 Å². The Morgan fingerprint density at radius 3 is 2.22 bits per heavy atom. The second kappa shape index (κ2) is 11.7. The van der Waals surface area contributed by atoms with E-state index < -0.39 is 30.1 Å². The van der Waals surface area contributed by atoms with E-state index in [0.717, 1.165) is 16.7 Å². The molecule has 0 unspecified atom stereocenters. The van der Waals surface area contributed by atoms with Crippen LogP contribution in [0.25, 0.3) is 0 Å². The smallest absolute Gasteiger partial charge is 0.410 e. The summed E-state index contributed by atoms with van der Waals surface area (Å²) in [5, 5.41) is 10.2. The van der Waals surface area contributed by atoms with E-state index in [9.17, 15) is 19.5 Å². The lowest BCUT2D eigenvalue weighted by molar-refractivity contribution is -0.156. The first kappa shape index (κ1) is 25.9. The molecule has 2 heterocycles. The number of rotatable bonds is 8. The lowest BCUT2D eigenvalue weighted by atomic mass is 9.88. The minimum atomic E-state index is -1.15. The lowest BCUT2D eigenvalue weighted by Crippen LogP contribution is -2.65. The molecule has 0 spiro atoms. The summed E-state index contributed by atoms with van der Waals surface area (Å²) in [7, 11) is 0. The molecule has 192 valence electrons. The Morgan fingerprint density at radius 1 is 1.03 bits per heavy atom. The van der Waals surface area contributed by atoms with Crippen molar-refractivity contribution in [1.82, 2.24) is 9.80 Å². The van der Waals surface area contributed by atoms with E-state index in [0.29, 0.717) is 12.8 Å². The number of piperazine rings is 1. The van der Waals surface area contributed by atoms with E-state index in [2.05, 4.69) is 6.58 Å². The number of carbonyl (C=O) groups is 3. The summed E-state index contributed by atoms with van der Waals surface area (Å²) in [5.74, 6) is -2.04. The zero-order valence-corrected chi connectivity index (χ0v) is 20.9. The predicted octanol–water partition coefficient (Wildman–Crippen LogP) is 4.77. The highest BCUT2D eigenvalue weighted by atomic mass is 16.6. The van der Waals surface area contributed by atoms with E-state index >= 15 is 0 Å². The number of hydrogen-bond acceptors (Lipinski definition) is 4. The second-order valence-electron chi connectivity index (χ2n) is 9.42. The minimum Gasteiger partial charge on any atom is -0.480 e. The van der Waals surface area contributed by atoms with Gasteiger partial charge in [0, 0.05) is 6.54 Å². The molecule has 37 heavy (non-hydrogen) atoms. The average Bonchev–Trinajstić information content (AvgIpc) is 3.21. The molecule has 3 atom stereocenters. The summed E-state index contributed by atoms with van der Waals surface area (Å²) in [4.78, 5) is 42.7. The van der Waals surface area contributed by atoms with Crippen molar-refractivity contribution in [2.75, 3.05) is 13.2 Å². The Bertz CT molecular complexity index is 1150. The summed E-state index contributed by atoms with van der Waals surface area (Å²) in [6.45, 7) is 5.71. The van der Waals surface area contributed by atoms with Crippen LogP contribution in [0.3, 0.4) is 0 Å². The van der Waals surface area contributed by atoms with Crippen LogP contribution in [0.15, 0.2) is 97.1 Å². The molecule has 2 bridgehead atoms. The van der Waals surface area contributed by atoms with Crippen molar-refractivity contribution in [1.29, 1.82) is 0 Å². The largest absolute Gasteiger partial charge is 0.480 e. The summed E-state index contributed by atoms with van der Waals surface area (Å²) < 4.78 is 5.53. The first-order valence-corrected chi connectivity index (χ1v) is 12.5. The molecule has 2 amide bonds. The number of hydrogen-bond donors (Lipinski definition) is 1. The van der Waals surface area contributed by atoms with Crippen molar-refractivity contribution in [3.8, 4) is 0 Å². The average molecular weight is 501 g/mol. The first-order valence-electron chi connectivity index (χ1n) is 12.5. The normalized spacial score (nSPS) is 21.4. The quantitative estimate of drug-likeness (QED) is 0.528. The van der Waals surface area contributed by atoms with Gasteiger partial charge in [0.2, 0.25) is 5.91 Å². The number of benzene rings is 2. The fraction of sp³-hybridized carbons (Fsp3) is 0.300. The van der Waals surface area contributed by atoms with E-state index in [-0.39, 0.29) is 25.1 Å². The molecule has 1 N–H and O–H groups in total. The van der Waals surface area contributed by atoms with Gasteiger partial charge in [-0.25, -0.2) is 9.59 Å². The van der Waals surface area contributed by atoms with Crippen molar-refractivity contribution in [3.63, 3.8) is 0 Å². The first-order chi connectivity index (χ1) is 17.9. The molecule has 0 radical (unpaired) electrons. The number of carboxylic acid groups (broad SMARTS) is 1. The number of allylic oxidation sites excluding steroid dienone is 4. The third-order valence-corrected chi connectivity index (χ3v) is 6.96. The van der Waals surface area contributed by atoms with E-state index in [1.54, 1.807) is 18.2 Å². The highest BCUT2D eigenvalue weighted by Crippen LogP contribution is 2.38. The van der Waals surface area contributed by atoms with Crippen LogP contribution in [-0.2, 0) is 14.3 Å². The molecule has 2 aliphatic rings. The summed E-state index contributed by atoms with van der Waals surface area (Å²) in [6.07, 6.45) is 7.63. The molecule has 0 saturated carbocycles. The van der Waals surface area contributed by atoms with Crippen LogP contribution in [0.1, 0.15) is 36.8 Å². The van der Waals surface area contributed by atoms with Crippen molar-refractivity contribution in [2.45, 2.75) is 43.8 Å². The maximum atomic E-state index is 14.1. The maximum absolute atomic E-state index is 14.1.